The number of benzene rings is 2. The van der Waals surface area contributed by atoms with Crippen molar-refractivity contribution in [3.8, 4) is 17.2 Å². The van der Waals surface area contributed by atoms with E-state index < -0.39 is 6.10 Å². The Kier molecular flexibility index (Phi) is 8.18. The number of aryl methyl sites for hydroxylation is 1. The number of carbonyl (C=O) groups is 1. The first kappa shape index (κ1) is 21.6. The highest BCUT2D eigenvalue weighted by atomic mass is 16.5. The van der Waals surface area contributed by atoms with Gasteiger partial charge in [-0.2, -0.15) is 0 Å². The predicted molar refractivity (Wildman–Crippen MR) is 111 cm³/mol. The van der Waals surface area contributed by atoms with Crippen molar-refractivity contribution in [1.29, 1.82) is 0 Å². The zero-order chi connectivity index (χ0) is 20.5. The van der Waals surface area contributed by atoms with E-state index in [1.807, 2.05) is 77.1 Å². The molecule has 0 unspecified atom stereocenters. The van der Waals surface area contributed by atoms with E-state index >= 15 is 0 Å². The Balaban J connectivity index is 2.09. The molecule has 0 aromatic heterocycles. The van der Waals surface area contributed by atoms with Gasteiger partial charge in [-0.3, -0.25) is 4.79 Å². The van der Waals surface area contributed by atoms with Gasteiger partial charge < -0.3 is 19.5 Å². The van der Waals surface area contributed by atoms with Crippen molar-refractivity contribution in [3.63, 3.8) is 0 Å². The van der Waals surface area contributed by atoms with Crippen LogP contribution in [0.3, 0.4) is 0 Å². The van der Waals surface area contributed by atoms with Gasteiger partial charge in [0.05, 0.1) is 19.3 Å². The minimum absolute atomic E-state index is 0.134. The third-order valence-corrected chi connectivity index (χ3v) is 4.45. The summed E-state index contributed by atoms with van der Waals surface area (Å²) in [5.74, 6) is 1.99. The molecule has 1 amide bonds. The summed E-state index contributed by atoms with van der Waals surface area (Å²) in [5, 5.41) is 3.05. The Morgan fingerprint density at radius 3 is 2.29 bits per heavy atom. The second kappa shape index (κ2) is 10.6. The molecular weight excluding hydrogens is 354 g/mol. The van der Waals surface area contributed by atoms with Crippen LogP contribution in [0, 0.1) is 6.92 Å². The largest absolute Gasteiger partial charge is 0.490 e. The standard InChI is InChI=1S/C23H31NO4/c1-6-19(28-20-12-10-9-11-16(20)4)23(25)24-17(5)18-13-14-21(26-7-2)22(15-18)27-8-3/h9-15,17,19H,6-8H2,1-5H3,(H,24,25)/t17-,19-/m0/s1. The van der Waals surface area contributed by atoms with Gasteiger partial charge in [0.1, 0.15) is 5.75 Å². The molecule has 5 nitrogen and oxygen atoms in total. The van der Waals surface area contributed by atoms with E-state index in [9.17, 15) is 4.79 Å². The van der Waals surface area contributed by atoms with Crippen LogP contribution < -0.4 is 19.5 Å². The minimum atomic E-state index is -0.544. The first-order chi connectivity index (χ1) is 13.5. The van der Waals surface area contributed by atoms with Gasteiger partial charge in [0, 0.05) is 0 Å². The molecule has 0 spiro atoms. The first-order valence-electron chi connectivity index (χ1n) is 9.92. The molecule has 0 aliphatic rings. The molecule has 152 valence electrons. The molecule has 0 aliphatic heterocycles. The van der Waals surface area contributed by atoms with E-state index in [1.165, 1.54) is 0 Å². The van der Waals surface area contributed by atoms with E-state index in [0.717, 1.165) is 16.9 Å². The fourth-order valence-electron chi connectivity index (χ4n) is 2.89. The van der Waals surface area contributed by atoms with Gasteiger partial charge >= 0.3 is 0 Å². The van der Waals surface area contributed by atoms with E-state index in [1.54, 1.807) is 0 Å². The predicted octanol–water partition coefficient (Wildman–Crippen LogP) is 4.83. The Morgan fingerprint density at radius 2 is 1.64 bits per heavy atom. The normalized spacial score (nSPS) is 12.8. The zero-order valence-corrected chi connectivity index (χ0v) is 17.5. The summed E-state index contributed by atoms with van der Waals surface area (Å²) >= 11 is 0. The summed E-state index contributed by atoms with van der Waals surface area (Å²) in [6, 6.07) is 13.3. The van der Waals surface area contributed by atoms with Gasteiger partial charge in [0.15, 0.2) is 17.6 Å². The summed E-state index contributed by atoms with van der Waals surface area (Å²) in [6.07, 6.45) is 0.0398. The molecule has 1 N–H and O–H groups in total. The molecule has 0 aliphatic carbocycles. The molecule has 2 rings (SSSR count). The number of amides is 1. The SMILES string of the molecule is CCOc1ccc([C@H](C)NC(=O)[C@H](CC)Oc2ccccc2C)cc1OCC. The van der Waals surface area contributed by atoms with Crippen molar-refractivity contribution in [3.05, 3.63) is 53.6 Å². The lowest BCUT2D eigenvalue weighted by Gasteiger charge is -2.22. The smallest absolute Gasteiger partial charge is 0.261 e. The number of hydrogen-bond acceptors (Lipinski definition) is 4. The fraction of sp³-hybridized carbons (Fsp3) is 0.435. The van der Waals surface area contributed by atoms with Crippen LogP contribution in [0.1, 0.15) is 51.3 Å². The van der Waals surface area contributed by atoms with Crippen molar-refractivity contribution in [2.75, 3.05) is 13.2 Å². The van der Waals surface area contributed by atoms with Crippen LogP contribution in [0.15, 0.2) is 42.5 Å². The van der Waals surface area contributed by atoms with E-state index in [-0.39, 0.29) is 11.9 Å². The lowest BCUT2D eigenvalue weighted by atomic mass is 10.1. The summed E-state index contributed by atoms with van der Waals surface area (Å²) < 4.78 is 17.2. The number of carbonyl (C=O) groups excluding carboxylic acids is 1. The summed E-state index contributed by atoms with van der Waals surface area (Å²) in [6.45, 7) is 10.8. The van der Waals surface area contributed by atoms with Crippen LogP contribution in [-0.4, -0.2) is 25.2 Å². The zero-order valence-electron chi connectivity index (χ0n) is 17.5. The van der Waals surface area contributed by atoms with E-state index in [2.05, 4.69) is 5.32 Å². The van der Waals surface area contributed by atoms with Crippen LogP contribution in [0.25, 0.3) is 0 Å². The molecule has 0 fully saturated rings. The molecule has 0 heterocycles. The molecule has 0 saturated carbocycles. The van der Waals surface area contributed by atoms with Crippen molar-refractivity contribution in [2.24, 2.45) is 0 Å². The van der Waals surface area contributed by atoms with Crippen LogP contribution in [-0.2, 0) is 4.79 Å². The topological polar surface area (TPSA) is 56.8 Å². The number of para-hydroxylation sites is 1. The number of ether oxygens (including phenoxy) is 3. The lowest BCUT2D eigenvalue weighted by molar-refractivity contribution is -0.128. The van der Waals surface area contributed by atoms with Crippen LogP contribution in [0.2, 0.25) is 0 Å². The average Bonchev–Trinajstić information content (AvgIpc) is 2.68. The Bertz CT molecular complexity index is 775. The van der Waals surface area contributed by atoms with E-state index in [4.69, 9.17) is 14.2 Å². The van der Waals surface area contributed by atoms with Gasteiger partial charge in [0.25, 0.3) is 5.91 Å². The summed E-state index contributed by atoms with van der Waals surface area (Å²) in [5.41, 5.74) is 1.96. The van der Waals surface area contributed by atoms with Crippen molar-refractivity contribution < 1.29 is 19.0 Å². The molecule has 2 atom stereocenters. The average molecular weight is 386 g/mol. The monoisotopic (exact) mass is 385 g/mol. The van der Waals surface area contributed by atoms with Crippen molar-refractivity contribution >= 4 is 5.91 Å². The maximum Gasteiger partial charge on any atom is 0.261 e. The number of nitrogens with one attached hydrogen (secondary N) is 1. The second-order valence-corrected chi connectivity index (χ2v) is 6.58. The van der Waals surface area contributed by atoms with Crippen LogP contribution >= 0.6 is 0 Å². The quantitative estimate of drug-likeness (QED) is 0.637. The number of rotatable bonds is 10. The fourth-order valence-corrected chi connectivity index (χ4v) is 2.89. The lowest BCUT2D eigenvalue weighted by Crippen LogP contribution is -2.39. The third kappa shape index (κ3) is 5.65. The van der Waals surface area contributed by atoms with Crippen LogP contribution in [0.4, 0.5) is 0 Å². The Labute approximate surface area is 168 Å². The highest BCUT2D eigenvalue weighted by Crippen LogP contribution is 2.31. The van der Waals surface area contributed by atoms with Gasteiger partial charge in [-0.05, 0) is 63.4 Å². The molecule has 2 aromatic rings. The van der Waals surface area contributed by atoms with Crippen molar-refractivity contribution in [2.45, 2.75) is 53.2 Å². The molecular formula is C23H31NO4. The van der Waals surface area contributed by atoms with E-state index in [0.29, 0.717) is 31.1 Å². The molecule has 0 saturated heterocycles. The Hall–Kier alpha value is -2.69. The minimum Gasteiger partial charge on any atom is -0.490 e. The molecule has 0 radical (unpaired) electrons. The van der Waals surface area contributed by atoms with Crippen LogP contribution in [0.5, 0.6) is 17.2 Å². The number of hydrogen-bond donors (Lipinski definition) is 1. The first-order valence-corrected chi connectivity index (χ1v) is 9.92. The van der Waals surface area contributed by atoms with Gasteiger partial charge in [-0.1, -0.05) is 31.2 Å². The van der Waals surface area contributed by atoms with Gasteiger partial charge in [-0.25, -0.2) is 0 Å². The molecule has 5 heteroatoms. The summed E-state index contributed by atoms with van der Waals surface area (Å²) in [7, 11) is 0. The molecule has 2 aromatic carbocycles. The molecule has 28 heavy (non-hydrogen) atoms. The third-order valence-electron chi connectivity index (χ3n) is 4.45. The highest BCUT2D eigenvalue weighted by Gasteiger charge is 2.22. The second-order valence-electron chi connectivity index (χ2n) is 6.58. The Morgan fingerprint density at radius 1 is 0.964 bits per heavy atom. The molecule has 0 bridgehead atoms. The van der Waals surface area contributed by atoms with Gasteiger partial charge in [-0.15, -0.1) is 0 Å². The maximum atomic E-state index is 12.8. The van der Waals surface area contributed by atoms with Gasteiger partial charge in [0.2, 0.25) is 0 Å². The highest BCUT2D eigenvalue weighted by molar-refractivity contribution is 5.81. The summed E-state index contributed by atoms with van der Waals surface area (Å²) in [4.78, 5) is 12.8. The maximum absolute atomic E-state index is 12.8. The van der Waals surface area contributed by atoms with Crippen molar-refractivity contribution in [1.82, 2.24) is 5.32 Å².